The van der Waals surface area contributed by atoms with Crippen LogP contribution in [0.15, 0.2) is 50.7 Å². The van der Waals surface area contributed by atoms with Crippen LogP contribution in [-0.4, -0.2) is 10.2 Å². The summed E-state index contributed by atoms with van der Waals surface area (Å²) >= 11 is 30.6. The lowest BCUT2D eigenvalue weighted by atomic mass is 10.1. The average Bonchev–Trinajstić information content (AvgIpc) is 2.92. The third-order valence-electron chi connectivity index (χ3n) is 4.05. The molecule has 1 aromatic heterocycles. The van der Waals surface area contributed by atoms with Gasteiger partial charge in [-0.1, -0.05) is 70.4 Å². The largest absolute Gasteiger partial charge is 0.462 e. The van der Waals surface area contributed by atoms with Gasteiger partial charge in [-0.15, -0.1) is 0 Å². The highest BCUT2D eigenvalue weighted by atomic mass is 35.5. The number of thiocarbonyl (C=S) groups is 1. The van der Waals surface area contributed by atoms with Gasteiger partial charge in [0.05, 0.1) is 31.6 Å². The Morgan fingerprint density at radius 3 is 2.45 bits per heavy atom. The van der Waals surface area contributed by atoms with Crippen LogP contribution < -0.4 is 10.3 Å². The van der Waals surface area contributed by atoms with Gasteiger partial charge in [-0.05, 0) is 36.4 Å². The standard InChI is InChI=1S/C19H7Cl4NO3S2/c20-9-1-2-14(12(22)5-9)24-18(26)15(29-19(24)28)3-8-7-27-17-11(16(8)25)4-10(21)6-13(17)23/h1-7H/b15-3+. The highest BCUT2D eigenvalue weighted by Gasteiger charge is 2.34. The van der Waals surface area contributed by atoms with E-state index >= 15 is 0 Å². The van der Waals surface area contributed by atoms with Crippen LogP contribution in [0, 0.1) is 0 Å². The number of anilines is 1. The number of nitrogens with zero attached hydrogens (tertiary/aromatic N) is 1. The molecule has 0 bridgehead atoms. The first-order valence-corrected chi connectivity index (χ1v) is 10.6. The molecule has 0 spiro atoms. The summed E-state index contributed by atoms with van der Waals surface area (Å²) in [6.07, 6.45) is 2.66. The van der Waals surface area contributed by atoms with Gasteiger partial charge in [0.15, 0.2) is 15.3 Å². The molecule has 146 valence electrons. The maximum atomic E-state index is 12.9. The zero-order valence-electron chi connectivity index (χ0n) is 14.0. The van der Waals surface area contributed by atoms with E-state index < -0.39 is 5.91 Å². The Morgan fingerprint density at radius 2 is 1.72 bits per heavy atom. The first kappa shape index (κ1) is 20.7. The average molecular weight is 503 g/mol. The molecule has 0 radical (unpaired) electrons. The molecule has 3 aromatic rings. The molecule has 0 saturated carbocycles. The molecule has 0 unspecified atom stereocenters. The number of amides is 1. The zero-order valence-corrected chi connectivity index (χ0v) is 18.7. The van der Waals surface area contributed by atoms with Gasteiger partial charge in [-0.3, -0.25) is 14.5 Å². The fourth-order valence-corrected chi connectivity index (χ4v) is 5.07. The van der Waals surface area contributed by atoms with E-state index in [1.54, 1.807) is 12.1 Å². The van der Waals surface area contributed by atoms with Crippen molar-refractivity contribution in [2.45, 2.75) is 0 Å². The summed E-state index contributed by atoms with van der Waals surface area (Å²) in [6, 6.07) is 7.68. The van der Waals surface area contributed by atoms with Crippen LogP contribution in [0.1, 0.15) is 5.56 Å². The molecule has 0 atom stereocenters. The summed E-state index contributed by atoms with van der Waals surface area (Å²) in [5, 5.41) is 1.46. The van der Waals surface area contributed by atoms with E-state index in [1.165, 1.54) is 35.4 Å². The Hall–Kier alpha value is -1.54. The SMILES string of the molecule is O=C1/C(=C\c2coc3c(Cl)cc(Cl)cc3c2=O)SC(=S)N1c1ccc(Cl)cc1Cl. The number of thioether (sulfide) groups is 1. The third kappa shape index (κ3) is 3.81. The molecule has 2 aromatic carbocycles. The fourth-order valence-electron chi connectivity index (χ4n) is 2.76. The summed E-state index contributed by atoms with van der Waals surface area (Å²) < 4.78 is 5.77. The summed E-state index contributed by atoms with van der Waals surface area (Å²) in [4.78, 5) is 27.3. The lowest BCUT2D eigenvalue weighted by Gasteiger charge is -2.16. The number of benzene rings is 2. The third-order valence-corrected chi connectivity index (χ3v) is 6.39. The number of halogens is 4. The van der Waals surface area contributed by atoms with E-state index in [4.69, 9.17) is 63.0 Å². The van der Waals surface area contributed by atoms with Gasteiger partial charge in [0, 0.05) is 10.0 Å². The molecule has 4 rings (SSSR count). The van der Waals surface area contributed by atoms with Gasteiger partial charge in [0.2, 0.25) is 0 Å². The van der Waals surface area contributed by atoms with Gasteiger partial charge in [-0.2, -0.15) is 0 Å². The Morgan fingerprint density at radius 1 is 1.00 bits per heavy atom. The van der Waals surface area contributed by atoms with Crippen molar-refractivity contribution < 1.29 is 9.21 Å². The smallest absolute Gasteiger partial charge is 0.270 e. The molecule has 0 aliphatic carbocycles. The minimum absolute atomic E-state index is 0.165. The van der Waals surface area contributed by atoms with Gasteiger partial charge in [-0.25, -0.2) is 0 Å². The summed E-state index contributed by atoms with van der Waals surface area (Å²) in [6.45, 7) is 0. The predicted octanol–water partition coefficient (Wildman–Crippen LogP) is 6.81. The second-order valence-corrected chi connectivity index (χ2v) is 9.26. The van der Waals surface area contributed by atoms with Crippen LogP contribution in [0.5, 0.6) is 0 Å². The van der Waals surface area contributed by atoms with Crippen LogP contribution in [0.2, 0.25) is 20.1 Å². The molecule has 10 heteroatoms. The molecular formula is C19H7Cl4NO3S2. The van der Waals surface area contributed by atoms with Crippen molar-refractivity contribution in [2.75, 3.05) is 4.90 Å². The molecule has 4 nitrogen and oxygen atoms in total. The van der Waals surface area contributed by atoms with Crippen molar-refractivity contribution in [3.63, 3.8) is 0 Å². The van der Waals surface area contributed by atoms with Crippen molar-refractivity contribution in [1.82, 2.24) is 0 Å². The van der Waals surface area contributed by atoms with Crippen LogP contribution in [-0.2, 0) is 4.79 Å². The molecule has 29 heavy (non-hydrogen) atoms. The first-order valence-electron chi connectivity index (χ1n) is 7.90. The van der Waals surface area contributed by atoms with Gasteiger partial charge >= 0.3 is 0 Å². The molecule has 0 N–H and O–H groups in total. The number of carbonyl (C=O) groups excluding carboxylic acids is 1. The normalized spacial score (nSPS) is 15.7. The van der Waals surface area contributed by atoms with Crippen molar-refractivity contribution >= 4 is 103 Å². The second-order valence-electron chi connectivity index (χ2n) is 5.90. The van der Waals surface area contributed by atoms with E-state index in [-0.39, 0.29) is 41.2 Å². The number of hydrogen-bond donors (Lipinski definition) is 0. The quantitative estimate of drug-likeness (QED) is 0.284. The Labute approximate surface area is 194 Å². The Balaban J connectivity index is 1.78. The number of fused-ring (bicyclic) bond motifs is 1. The topological polar surface area (TPSA) is 50.5 Å². The molecule has 2 heterocycles. The van der Waals surface area contributed by atoms with Crippen molar-refractivity contribution in [1.29, 1.82) is 0 Å². The van der Waals surface area contributed by atoms with Gasteiger partial charge < -0.3 is 4.42 Å². The monoisotopic (exact) mass is 501 g/mol. The Bertz CT molecular complexity index is 1300. The second kappa shape index (κ2) is 7.95. The summed E-state index contributed by atoms with van der Waals surface area (Å²) in [5.41, 5.74) is 0.425. The van der Waals surface area contributed by atoms with Crippen molar-refractivity contribution in [2.24, 2.45) is 0 Å². The van der Waals surface area contributed by atoms with Crippen LogP contribution in [0.25, 0.3) is 17.0 Å². The Kier molecular flexibility index (Phi) is 5.68. The van der Waals surface area contributed by atoms with E-state index in [2.05, 4.69) is 0 Å². The molecule has 1 fully saturated rings. The number of carbonyl (C=O) groups is 1. The van der Waals surface area contributed by atoms with E-state index in [0.29, 0.717) is 15.7 Å². The van der Waals surface area contributed by atoms with Gasteiger partial charge in [0.25, 0.3) is 5.91 Å². The predicted molar refractivity (Wildman–Crippen MR) is 125 cm³/mol. The van der Waals surface area contributed by atoms with Crippen molar-refractivity contribution in [3.05, 3.63) is 77.4 Å². The van der Waals surface area contributed by atoms with Crippen molar-refractivity contribution in [3.8, 4) is 0 Å². The van der Waals surface area contributed by atoms with E-state index in [9.17, 15) is 9.59 Å². The highest BCUT2D eigenvalue weighted by Crippen LogP contribution is 2.39. The van der Waals surface area contributed by atoms with E-state index in [1.807, 2.05) is 0 Å². The summed E-state index contributed by atoms with van der Waals surface area (Å²) in [5.74, 6) is -0.409. The number of hydrogen-bond acceptors (Lipinski definition) is 5. The fraction of sp³-hybridized carbons (Fsp3) is 0. The van der Waals surface area contributed by atoms with Crippen LogP contribution in [0.4, 0.5) is 5.69 Å². The van der Waals surface area contributed by atoms with Crippen LogP contribution >= 0.6 is 70.4 Å². The zero-order chi connectivity index (χ0) is 20.9. The summed E-state index contributed by atoms with van der Waals surface area (Å²) in [7, 11) is 0. The highest BCUT2D eigenvalue weighted by molar-refractivity contribution is 8.27. The first-order chi connectivity index (χ1) is 13.8. The minimum Gasteiger partial charge on any atom is -0.462 e. The molecule has 1 aliphatic heterocycles. The minimum atomic E-state index is -0.409. The lowest BCUT2D eigenvalue weighted by molar-refractivity contribution is -0.113. The lowest BCUT2D eigenvalue weighted by Crippen LogP contribution is -2.27. The maximum Gasteiger partial charge on any atom is 0.270 e. The molecule has 1 aliphatic rings. The maximum absolute atomic E-state index is 12.9. The number of rotatable bonds is 2. The molecule has 1 saturated heterocycles. The van der Waals surface area contributed by atoms with E-state index in [0.717, 1.165) is 11.8 Å². The van der Waals surface area contributed by atoms with Gasteiger partial charge in [0.1, 0.15) is 6.26 Å². The van der Waals surface area contributed by atoms with Crippen LogP contribution in [0.3, 0.4) is 0 Å². The molecular weight excluding hydrogens is 496 g/mol. The molecule has 1 amide bonds.